The number of methoxy groups -OCH3 is 1. The van der Waals surface area contributed by atoms with Crippen LogP contribution in [0.1, 0.15) is 17.2 Å². The maximum atomic E-state index is 13.3. The highest BCUT2D eigenvalue weighted by Crippen LogP contribution is 2.30. The lowest BCUT2D eigenvalue weighted by atomic mass is 9.98. The molecule has 6 heteroatoms. The maximum Gasteiger partial charge on any atom is 0.159 e. The van der Waals surface area contributed by atoms with Crippen LogP contribution in [-0.2, 0) is 6.42 Å². The predicted molar refractivity (Wildman–Crippen MR) is 80.8 cm³/mol. The Morgan fingerprint density at radius 3 is 2.57 bits per heavy atom. The summed E-state index contributed by atoms with van der Waals surface area (Å²) in [6.45, 7) is 0. The fourth-order valence-corrected chi connectivity index (χ4v) is 2.47. The maximum absolute atomic E-state index is 13.3. The second-order valence-corrected chi connectivity index (χ2v) is 5.47. The molecule has 0 radical (unpaired) electrons. The number of hydrogen-bond acceptors (Lipinski definition) is 3. The number of benzene rings is 2. The molecule has 0 spiro atoms. The Morgan fingerprint density at radius 2 is 1.95 bits per heavy atom. The van der Waals surface area contributed by atoms with Gasteiger partial charge in [0.15, 0.2) is 11.6 Å². The molecule has 0 saturated heterocycles. The molecule has 0 aliphatic rings. The molecule has 0 aromatic heterocycles. The summed E-state index contributed by atoms with van der Waals surface area (Å²) in [6, 6.07) is 9.10. The van der Waals surface area contributed by atoms with Crippen LogP contribution < -0.4 is 16.0 Å². The van der Waals surface area contributed by atoms with Crippen LogP contribution in [0, 0.1) is 11.6 Å². The summed E-state index contributed by atoms with van der Waals surface area (Å²) in [4.78, 5) is 0. The van der Waals surface area contributed by atoms with E-state index in [4.69, 9.17) is 10.6 Å². The van der Waals surface area contributed by atoms with Gasteiger partial charge in [0.25, 0.3) is 0 Å². The molecule has 0 fully saturated rings. The fourth-order valence-electron chi connectivity index (χ4n) is 2.13. The van der Waals surface area contributed by atoms with E-state index in [0.717, 1.165) is 16.1 Å². The van der Waals surface area contributed by atoms with Crippen molar-refractivity contribution in [3.63, 3.8) is 0 Å². The molecule has 0 aliphatic heterocycles. The smallest absolute Gasteiger partial charge is 0.159 e. The third-order valence-corrected chi connectivity index (χ3v) is 3.69. The molecule has 0 bridgehead atoms. The van der Waals surface area contributed by atoms with Crippen molar-refractivity contribution in [1.82, 2.24) is 5.43 Å². The van der Waals surface area contributed by atoms with Gasteiger partial charge in [-0.15, -0.1) is 0 Å². The first-order chi connectivity index (χ1) is 10.0. The van der Waals surface area contributed by atoms with Gasteiger partial charge < -0.3 is 4.74 Å². The minimum absolute atomic E-state index is 0.280. The SMILES string of the molecule is COc1cc(Br)ccc1C(Cc1ccc(F)c(F)c1)NN. The quantitative estimate of drug-likeness (QED) is 0.636. The third kappa shape index (κ3) is 3.78. The highest BCUT2D eigenvalue weighted by atomic mass is 79.9. The Balaban J connectivity index is 2.29. The highest BCUT2D eigenvalue weighted by molar-refractivity contribution is 9.10. The van der Waals surface area contributed by atoms with Gasteiger partial charge in [-0.05, 0) is 36.2 Å². The average molecular weight is 357 g/mol. The van der Waals surface area contributed by atoms with Gasteiger partial charge in [0.1, 0.15) is 5.75 Å². The standard InChI is InChI=1S/C15H15BrF2N2O/c1-21-15-8-10(16)3-4-11(15)14(20-19)7-9-2-5-12(17)13(18)6-9/h2-6,8,14,20H,7,19H2,1H3. The minimum atomic E-state index is -0.869. The van der Waals surface area contributed by atoms with Gasteiger partial charge in [0.2, 0.25) is 0 Å². The van der Waals surface area contributed by atoms with E-state index >= 15 is 0 Å². The second kappa shape index (κ2) is 6.98. The summed E-state index contributed by atoms with van der Waals surface area (Å²) >= 11 is 3.37. The molecule has 3 nitrogen and oxygen atoms in total. The van der Waals surface area contributed by atoms with Crippen molar-refractivity contribution >= 4 is 15.9 Å². The van der Waals surface area contributed by atoms with Crippen LogP contribution in [-0.4, -0.2) is 7.11 Å². The van der Waals surface area contributed by atoms with E-state index in [2.05, 4.69) is 21.4 Å². The molecule has 0 amide bonds. The van der Waals surface area contributed by atoms with Gasteiger partial charge >= 0.3 is 0 Å². The van der Waals surface area contributed by atoms with E-state index in [-0.39, 0.29) is 6.04 Å². The van der Waals surface area contributed by atoms with E-state index in [1.165, 1.54) is 12.1 Å². The zero-order valence-electron chi connectivity index (χ0n) is 11.4. The van der Waals surface area contributed by atoms with Gasteiger partial charge in [-0.1, -0.05) is 28.1 Å². The molecule has 0 aliphatic carbocycles. The number of nitrogens with two attached hydrogens (primary N) is 1. The van der Waals surface area contributed by atoms with E-state index in [1.807, 2.05) is 18.2 Å². The summed E-state index contributed by atoms with van der Waals surface area (Å²) < 4.78 is 32.5. The minimum Gasteiger partial charge on any atom is -0.496 e. The second-order valence-electron chi connectivity index (χ2n) is 4.56. The van der Waals surface area contributed by atoms with Crippen LogP contribution in [0.25, 0.3) is 0 Å². The molecule has 2 rings (SSSR count). The first kappa shape index (κ1) is 15.9. The number of nitrogens with one attached hydrogen (secondary N) is 1. The fraction of sp³-hybridized carbons (Fsp3) is 0.200. The van der Waals surface area contributed by atoms with Gasteiger partial charge in [-0.2, -0.15) is 0 Å². The number of hydrogen-bond donors (Lipinski definition) is 2. The van der Waals surface area contributed by atoms with Gasteiger partial charge in [0.05, 0.1) is 13.2 Å². The Hall–Kier alpha value is -1.50. The molecular formula is C15H15BrF2N2O. The lowest BCUT2D eigenvalue weighted by Gasteiger charge is -2.19. The topological polar surface area (TPSA) is 47.3 Å². The molecule has 21 heavy (non-hydrogen) atoms. The monoisotopic (exact) mass is 356 g/mol. The summed E-state index contributed by atoms with van der Waals surface area (Å²) in [7, 11) is 1.57. The number of hydrazine groups is 1. The summed E-state index contributed by atoms with van der Waals surface area (Å²) in [5.74, 6) is 4.53. The zero-order chi connectivity index (χ0) is 15.4. The van der Waals surface area contributed by atoms with Crippen LogP contribution in [0.5, 0.6) is 5.75 Å². The third-order valence-electron chi connectivity index (χ3n) is 3.20. The van der Waals surface area contributed by atoms with Crippen LogP contribution in [0.15, 0.2) is 40.9 Å². The van der Waals surface area contributed by atoms with Crippen molar-refractivity contribution in [3.05, 3.63) is 63.6 Å². The molecule has 0 heterocycles. The van der Waals surface area contributed by atoms with Crippen molar-refractivity contribution in [2.75, 3.05) is 7.11 Å². The lowest BCUT2D eigenvalue weighted by Crippen LogP contribution is -2.30. The van der Waals surface area contributed by atoms with Gasteiger partial charge in [0, 0.05) is 10.0 Å². The highest BCUT2D eigenvalue weighted by Gasteiger charge is 2.16. The van der Waals surface area contributed by atoms with Crippen LogP contribution >= 0.6 is 15.9 Å². The van der Waals surface area contributed by atoms with Crippen LogP contribution in [0.4, 0.5) is 8.78 Å². The Morgan fingerprint density at radius 1 is 1.19 bits per heavy atom. The molecule has 2 aromatic carbocycles. The Bertz CT molecular complexity index is 637. The largest absolute Gasteiger partial charge is 0.496 e. The first-order valence-corrected chi connectivity index (χ1v) is 7.08. The van der Waals surface area contributed by atoms with Crippen LogP contribution in [0.2, 0.25) is 0 Å². The van der Waals surface area contributed by atoms with Crippen LogP contribution in [0.3, 0.4) is 0 Å². The van der Waals surface area contributed by atoms with Gasteiger partial charge in [-0.3, -0.25) is 11.3 Å². The summed E-state index contributed by atoms with van der Waals surface area (Å²) in [5, 5.41) is 0. The molecule has 3 N–H and O–H groups in total. The van der Waals surface area contributed by atoms with E-state index in [1.54, 1.807) is 7.11 Å². The Kier molecular flexibility index (Phi) is 5.27. The summed E-state index contributed by atoms with van der Waals surface area (Å²) in [5.41, 5.74) is 4.16. The normalized spacial score (nSPS) is 12.2. The Labute approximate surface area is 130 Å². The number of halogens is 3. The molecule has 2 aromatic rings. The van der Waals surface area contributed by atoms with Crippen molar-refractivity contribution in [3.8, 4) is 5.75 Å². The summed E-state index contributed by atoms with van der Waals surface area (Å²) in [6.07, 6.45) is 0.408. The number of rotatable bonds is 5. The first-order valence-electron chi connectivity index (χ1n) is 6.28. The molecule has 1 unspecified atom stereocenters. The van der Waals surface area contributed by atoms with E-state index in [0.29, 0.717) is 17.7 Å². The van der Waals surface area contributed by atoms with Crippen molar-refractivity contribution in [2.45, 2.75) is 12.5 Å². The predicted octanol–water partition coefficient (Wildman–Crippen LogP) is 3.48. The number of ether oxygens (including phenoxy) is 1. The van der Waals surface area contributed by atoms with Crippen molar-refractivity contribution < 1.29 is 13.5 Å². The van der Waals surface area contributed by atoms with Gasteiger partial charge in [-0.25, -0.2) is 8.78 Å². The molecular weight excluding hydrogens is 342 g/mol. The average Bonchev–Trinajstić information content (AvgIpc) is 2.48. The zero-order valence-corrected chi connectivity index (χ0v) is 13.0. The van der Waals surface area contributed by atoms with Crippen molar-refractivity contribution in [1.29, 1.82) is 0 Å². The van der Waals surface area contributed by atoms with E-state index in [9.17, 15) is 8.78 Å². The lowest BCUT2D eigenvalue weighted by molar-refractivity contribution is 0.398. The molecule has 112 valence electrons. The van der Waals surface area contributed by atoms with E-state index < -0.39 is 11.6 Å². The molecule has 1 atom stereocenters. The van der Waals surface area contributed by atoms with Crippen molar-refractivity contribution in [2.24, 2.45) is 5.84 Å². The molecule has 0 saturated carbocycles.